The molecule has 110 valence electrons. The molecule has 0 spiro atoms. The standard InChI is InChI=1S/C20H20N2/c1-2-3-9-16-10-7-8-13-18(16)20-14-19(21-15-22-20)17-11-5-4-6-12-17/h4-8,10-15H,2-3,9H2,1H3. The molecule has 0 atom stereocenters. The van der Waals surface area contributed by atoms with Crippen molar-refractivity contribution in [3.63, 3.8) is 0 Å². The second-order valence-corrected chi connectivity index (χ2v) is 5.42. The first kappa shape index (κ1) is 14.5. The maximum atomic E-state index is 4.49. The van der Waals surface area contributed by atoms with Gasteiger partial charge in [0.1, 0.15) is 6.33 Å². The lowest BCUT2D eigenvalue weighted by Crippen LogP contribution is -1.94. The minimum atomic E-state index is 0.968. The Morgan fingerprint density at radius 1 is 0.818 bits per heavy atom. The van der Waals surface area contributed by atoms with Crippen molar-refractivity contribution in [2.45, 2.75) is 26.2 Å². The fourth-order valence-corrected chi connectivity index (χ4v) is 2.63. The van der Waals surface area contributed by atoms with Crippen molar-refractivity contribution in [3.05, 3.63) is 72.6 Å². The number of rotatable bonds is 5. The van der Waals surface area contributed by atoms with Crippen LogP contribution in [0.3, 0.4) is 0 Å². The number of hydrogen-bond donors (Lipinski definition) is 0. The molecule has 0 aliphatic rings. The largest absolute Gasteiger partial charge is 0.236 e. The molecule has 0 bridgehead atoms. The van der Waals surface area contributed by atoms with Crippen LogP contribution in [0.15, 0.2) is 67.0 Å². The molecule has 0 unspecified atom stereocenters. The Balaban J connectivity index is 1.99. The third-order valence-electron chi connectivity index (χ3n) is 3.83. The average molecular weight is 288 g/mol. The van der Waals surface area contributed by atoms with Gasteiger partial charge in [0, 0.05) is 11.1 Å². The average Bonchev–Trinajstić information content (AvgIpc) is 2.61. The van der Waals surface area contributed by atoms with E-state index in [4.69, 9.17) is 0 Å². The van der Waals surface area contributed by atoms with Gasteiger partial charge in [0.15, 0.2) is 0 Å². The minimum absolute atomic E-state index is 0.968. The summed E-state index contributed by atoms with van der Waals surface area (Å²) in [6.07, 6.45) is 5.16. The van der Waals surface area contributed by atoms with E-state index in [9.17, 15) is 0 Å². The van der Waals surface area contributed by atoms with E-state index in [1.807, 2.05) is 18.2 Å². The van der Waals surface area contributed by atoms with Crippen molar-refractivity contribution in [1.82, 2.24) is 9.97 Å². The third kappa shape index (κ3) is 3.22. The van der Waals surface area contributed by atoms with E-state index >= 15 is 0 Å². The van der Waals surface area contributed by atoms with E-state index in [1.54, 1.807) is 6.33 Å². The molecule has 0 fully saturated rings. The Bertz CT molecular complexity index is 735. The normalized spacial score (nSPS) is 10.6. The predicted octanol–water partition coefficient (Wildman–Crippen LogP) is 5.15. The second-order valence-electron chi connectivity index (χ2n) is 5.42. The molecule has 22 heavy (non-hydrogen) atoms. The summed E-state index contributed by atoms with van der Waals surface area (Å²) in [5, 5.41) is 0. The summed E-state index contributed by atoms with van der Waals surface area (Å²) in [6.45, 7) is 2.22. The van der Waals surface area contributed by atoms with Gasteiger partial charge in [-0.15, -0.1) is 0 Å². The van der Waals surface area contributed by atoms with Crippen LogP contribution in [0.1, 0.15) is 25.3 Å². The number of aryl methyl sites for hydroxylation is 1. The first-order chi connectivity index (χ1) is 10.9. The van der Waals surface area contributed by atoms with Gasteiger partial charge >= 0.3 is 0 Å². The highest BCUT2D eigenvalue weighted by molar-refractivity contribution is 5.69. The Labute approximate surface area is 131 Å². The predicted molar refractivity (Wildman–Crippen MR) is 91.5 cm³/mol. The molecule has 0 aliphatic carbocycles. The molecule has 1 heterocycles. The zero-order chi connectivity index (χ0) is 15.2. The quantitative estimate of drug-likeness (QED) is 0.648. The molecule has 0 saturated carbocycles. The third-order valence-corrected chi connectivity index (χ3v) is 3.83. The maximum absolute atomic E-state index is 4.49. The van der Waals surface area contributed by atoms with Crippen LogP contribution in [0.4, 0.5) is 0 Å². The van der Waals surface area contributed by atoms with Crippen molar-refractivity contribution in [3.8, 4) is 22.5 Å². The number of nitrogens with zero attached hydrogens (tertiary/aromatic N) is 2. The zero-order valence-electron chi connectivity index (χ0n) is 12.9. The van der Waals surface area contributed by atoms with Crippen LogP contribution < -0.4 is 0 Å². The number of aromatic nitrogens is 2. The number of hydrogen-bond acceptors (Lipinski definition) is 2. The summed E-state index contributed by atoms with van der Waals surface area (Å²) in [5.41, 5.74) is 5.67. The summed E-state index contributed by atoms with van der Waals surface area (Å²) >= 11 is 0. The molecule has 2 aromatic carbocycles. The molecule has 0 radical (unpaired) electrons. The lowest BCUT2D eigenvalue weighted by Gasteiger charge is -2.09. The second kappa shape index (κ2) is 6.99. The van der Waals surface area contributed by atoms with Gasteiger partial charge in [0.05, 0.1) is 11.4 Å². The molecule has 0 saturated heterocycles. The van der Waals surface area contributed by atoms with Gasteiger partial charge in [0.2, 0.25) is 0 Å². The molecule has 3 aromatic rings. The SMILES string of the molecule is CCCCc1ccccc1-c1cc(-c2ccccc2)ncn1. The van der Waals surface area contributed by atoms with Gasteiger partial charge in [-0.25, -0.2) is 9.97 Å². The summed E-state index contributed by atoms with van der Waals surface area (Å²) in [6, 6.07) is 20.9. The van der Waals surface area contributed by atoms with Gasteiger partial charge in [-0.3, -0.25) is 0 Å². The van der Waals surface area contributed by atoms with Crippen molar-refractivity contribution in [1.29, 1.82) is 0 Å². The molecular weight excluding hydrogens is 268 g/mol. The van der Waals surface area contributed by atoms with Crippen LogP contribution in [0.2, 0.25) is 0 Å². The lowest BCUT2D eigenvalue weighted by atomic mass is 9.99. The highest BCUT2D eigenvalue weighted by Crippen LogP contribution is 2.26. The summed E-state index contributed by atoms with van der Waals surface area (Å²) in [5.74, 6) is 0. The van der Waals surface area contributed by atoms with E-state index in [-0.39, 0.29) is 0 Å². The number of unbranched alkanes of at least 4 members (excludes halogenated alkanes) is 1. The van der Waals surface area contributed by atoms with E-state index in [0.717, 1.165) is 23.4 Å². The molecule has 0 N–H and O–H groups in total. The van der Waals surface area contributed by atoms with Crippen LogP contribution >= 0.6 is 0 Å². The summed E-state index contributed by atoms with van der Waals surface area (Å²) in [4.78, 5) is 8.91. The Morgan fingerprint density at radius 3 is 2.36 bits per heavy atom. The highest BCUT2D eigenvalue weighted by Gasteiger charge is 2.08. The summed E-state index contributed by atoms with van der Waals surface area (Å²) in [7, 11) is 0. The molecule has 2 nitrogen and oxygen atoms in total. The Hall–Kier alpha value is -2.48. The number of benzene rings is 2. The summed E-state index contributed by atoms with van der Waals surface area (Å²) < 4.78 is 0. The molecule has 0 aliphatic heterocycles. The Kier molecular flexibility index (Phi) is 4.59. The smallest absolute Gasteiger partial charge is 0.116 e. The van der Waals surface area contributed by atoms with Crippen molar-refractivity contribution >= 4 is 0 Å². The first-order valence-corrected chi connectivity index (χ1v) is 7.84. The molecule has 0 amide bonds. The fraction of sp³-hybridized carbons (Fsp3) is 0.200. The fourth-order valence-electron chi connectivity index (χ4n) is 2.63. The highest BCUT2D eigenvalue weighted by atomic mass is 14.8. The van der Waals surface area contributed by atoms with Gasteiger partial charge in [0.25, 0.3) is 0 Å². The molecule has 2 heteroatoms. The monoisotopic (exact) mass is 288 g/mol. The van der Waals surface area contributed by atoms with Crippen LogP contribution in [0, 0.1) is 0 Å². The van der Waals surface area contributed by atoms with Gasteiger partial charge < -0.3 is 0 Å². The maximum Gasteiger partial charge on any atom is 0.116 e. The topological polar surface area (TPSA) is 25.8 Å². The van der Waals surface area contributed by atoms with Gasteiger partial charge in [-0.05, 0) is 24.5 Å². The molecule has 1 aromatic heterocycles. The zero-order valence-corrected chi connectivity index (χ0v) is 12.9. The van der Waals surface area contributed by atoms with Crippen LogP contribution in [-0.2, 0) is 6.42 Å². The van der Waals surface area contributed by atoms with Crippen molar-refractivity contribution < 1.29 is 0 Å². The van der Waals surface area contributed by atoms with E-state index < -0.39 is 0 Å². The van der Waals surface area contributed by atoms with Crippen molar-refractivity contribution in [2.24, 2.45) is 0 Å². The van der Waals surface area contributed by atoms with E-state index in [0.29, 0.717) is 0 Å². The lowest BCUT2D eigenvalue weighted by molar-refractivity contribution is 0.796. The van der Waals surface area contributed by atoms with E-state index in [1.165, 1.54) is 24.0 Å². The van der Waals surface area contributed by atoms with Crippen LogP contribution in [0.5, 0.6) is 0 Å². The minimum Gasteiger partial charge on any atom is -0.236 e. The van der Waals surface area contributed by atoms with Gasteiger partial charge in [-0.2, -0.15) is 0 Å². The van der Waals surface area contributed by atoms with E-state index in [2.05, 4.69) is 59.4 Å². The van der Waals surface area contributed by atoms with Crippen LogP contribution in [-0.4, -0.2) is 9.97 Å². The molecule has 3 rings (SSSR count). The molecular formula is C20H20N2. The van der Waals surface area contributed by atoms with Gasteiger partial charge in [-0.1, -0.05) is 67.9 Å². The van der Waals surface area contributed by atoms with Crippen LogP contribution in [0.25, 0.3) is 22.5 Å². The first-order valence-electron chi connectivity index (χ1n) is 7.84. The van der Waals surface area contributed by atoms with Crippen molar-refractivity contribution in [2.75, 3.05) is 0 Å². The Morgan fingerprint density at radius 2 is 1.55 bits per heavy atom.